The molecule has 0 saturated heterocycles. The number of nitrogens with zero attached hydrogens (tertiary/aromatic N) is 1. The van der Waals surface area contributed by atoms with Crippen LogP contribution >= 0.6 is 0 Å². The third kappa shape index (κ3) is 4.13. The largest absolute Gasteiger partial charge is 0.449 e. The maximum Gasteiger partial charge on any atom is 0.338 e. The van der Waals surface area contributed by atoms with Crippen LogP contribution in [0, 0.1) is 13.8 Å². The molecule has 0 aliphatic carbocycles. The van der Waals surface area contributed by atoms with Gasteiger partial charge in [0.05, 0.1) is 22.4 Å². The van der Waals surface area contributed by atoms with Crippen molar-refractivity contribution in [3.8, 4) is 0 Å². The van der Waals surface area contributed by atoms with Gasteiger partial charge < -0.3 is 10.1 Å². The summed E-state index contributed by atoms with van der Waals surface area (Å²) in [6, 6.07) is 18.5. The Labute approximate surface area is 191 Å². The highest BCUT2D eigenvalue weighted by Crippen LogP contribution is 2.31. The van der Waals surface area contributed by atoms with E-state index < -0.39 is 29.8 Å². The summed E-state index contributed by atoms with van der Waals surface area (Å²) in [5, 5.41) is 2.73. The summed E-state index contributed by atoms with van der Waals surface area (Å²) in [7, 11) is 0. The van der Waals surface area contributed by atoms with E-state index in [9.17, 15) is 19.2 Å². The molecule has 7 heteroatoms. The van der Waals surface area contributed by atoms with Crippen LogP contribution in [0.15, 0.2) is 66.7 Å². The Bertz CT molecular complexity index is 1300. The number of hydrogen-bond donors (Lipinski definition) is 1. The van der Waals surface area contributed by atoms with Crippen LogP contribution in [-0.4, -0.2) is 29.8 Å². The first-order valence-corrected chi connectivity index (χ1v) is 10.4. The summed E-state index contributed by atoms with van der Waals surface area (Å²) in [6.07, 6.45) is -1.06. The van der Waals surface area contributed by atoms with Crippen LogP contribution in [0.1, 0.15) is 49.1 Å². The Balaban J connectivity index is 1.51. The van der Waals surface area contributed by atoms with Gasteiger partial charge in [-0.3, -0.25) is 14.4 Å². The fourth-order valence-electron chi connectivity index (χ4n) is 3.63. The highest BCUT2D eigenvalue weighted by atomic mass is 16.5. The molecule has 0 spiro atoms. The lowest BCUT2D eigenvalue weighted by atomic mass is 10.1. The summed E-state index contributed by atoms with van der Waals surface area (Å²) in [5.41, 5.74) is 3.19. The zero-order valence-electron chi connectivity index (χ0n) is 18.4. The van der Waals surface area contributed by atoms with Crippen molar-refractivity contribution < 1.29 is 23.9 Å². The van der Waals surface area contributed by atoms with Crippen LogP contribution in [0.2, 0.25) is 0 Å². The summed E-state index contributed by atoms with van der Waals surface area (Å²) in [5.74, 6) is -2.20. The molecule has 0 fully saturated rings. The van der Waals surface area contributed by atoms with Crippen LogP contribution in [0.4, 0.5) is 11.4 Å². The van der Waals surface area contributed by atoms with Crippen LogP contribution in [0.5, 0.6) is 0 Å². The number of rotatable bonds is 5. The molecule has 7 nitrogen and oxygen atoms in total. The minimum atomic E-state index is -1.06. The number of anilines is 2. The van der Waals surface area contributed by atoms with Gasteiger partial charge in [0.25, 0.3) is 17.7 Å². The van der Waals surface area contributed by atoms with Gasteiger partial charge >= 0.3 is 5.97 Å². The van der Waals surface area contributed by atoms with Gasteiger partial charge in [-0.25, -0.2) is 9.69 Å². The SMILES string of the molecule is Cc1ccccc1NC(=O)C(C)OC(=O)c1ccc2c(c1)C(=O)N(c1ccccc1C)C2=O. The Kier molecular flexibility index (Phi) is 5.79. The van der Waals surface area contributed by atoms with E-state index in [-0.39, 0.29) is 16.7 Å². The Morgan fingerprint density at radius 2 is 1.48 bits per heavy atom. The van der Waals surface area contributed by atoms with Gasteiger partial charge in [0.1, 0.15) is 0 Å². The van der Waals surface area contributed by atoms with E-state index >= 15 is 0 Å². The van der Waals surface area contributed by atoms with Crippen molar-refractivity contribution in [3.63, 3.8) is 0 Å². The number of hydrogen-bond acceptors (Lipinski definition) is 5. The second kappa shape index (κ2) is 8.70. The minimum absolute atomic E-state index is 0.0806. The number of nitrogens with one attached hydrogen (secondary N) is 1. The van der Waals surface area contributed by atoms with Crippen LogP contribution in [0.25, 0.3) is 0 Å². The van der Waals surface area contributed by atoms with Gasteiger partial charge in [0.15, 0.2) is 6.10 Å². The maximum absolute atomic E-state index is 13.0. The van der Waals surface area contributed by atoms with Crippen molar-refractivity contribution >= 4 is 35.1 Å². The number of imide groups is 1. The first kappa shape index (κ1) is 22.0. The number of benzene rings is 3. The zero-order chi connectivity index (χ0) is 23.7. The molecule has 166 valence electrons. The first-order valence-electron chi connectivity index (χ1n) is 10.4. The summed E-state index contributed by atoms with van der Waals surface area (Å²) >= 11 is 0. The number of aryl methyl sites for hydroxylation is 2. The number of ether oxygens (including phenoxy) is 1. The van der Waals surface area contributed by atoms with Crippen LogP contribution in [0.3, 0.4) is 0 Å². The molecule has 4 rings (SSSR count). The van der Waals surface area contributed by atoms with E-state index in [1.165, 1.54) is 25.1 Å². The number of carbonyl (C=O) groups is 4. The monoisotopic (exact) mass is 442 g/mol. The smallest absolute Gasteiger partial charge is 0.338 e. The lowest BCUT2D eigenvalue weighted by Crippen LogP contribution is -2.30. The molecule has 1 heterocycles. The Morgan fingerprint density at radius 3 is 2.18 bits per heavy atom. The average molecular weight is 442 g/mol. The second-order valence-corrected chi connectivity index (χ2v) is 7.84. The van der Waals surface area contributed by atoms with E-state index in [0.717, 1.165) is 16.0 Å². The van der Waals surface area contributed by atoms with Gasteiger partial charge in [0, 0.05) is 5.69 Å². The van der Waals surface area contributed by atoms with Crippen molar-refractivity contribution in [3.05, 3.63) is 94.5 Å². The molecule has 1 N–H and O–H groups in total. The molecule has 3 amide bonds. The topological polar surface area (TPSA) is 92.8 Å². The zero-order valence-corrected chi connectivity index (χ0v) is 18.4. The van der Waals surface area contributed by atoms with E-state index in [4.69, 9.17) is 4.74 Å². The van der Waals surface area contributed by atoms with Gasteiger partial charge in [-0.05, 0) is 62.2 Å². The minimum Gasteiger partial charge on any atom is -0.449 e. The molecule has 33 heavy (non-hydrogen) atoms. The van der Waals surface area contributed by atoms with Gasteiger partial charge in [0.2, 0.25) is 0 Å². The number of carbonyl (C=O) groups excluding carboxylic acids is 4. The molecule has 1 aliphatic heterocycles. The van der Waals surface area contributed by atoms with Crippen molar-refractivity contribution in [1.82, 2.24) is 0 Å². The predicted octanol–water partition coefficient (Wildman–Crippen LogP) is 4.29. The van der Waals surface area contributed by atoms with Crippen LogP contribution in [-0.2, 0) is 9.53 Å². The maximum atomic E-state index is 13.0. The molecule has 1 atom stereocenters. The number of para-hydroxylation sites is 2. The number of fused-ring (bicyclic) bond motifs is 1. The molecule has 3 aromatic rings. The number of amides is 3. The highest BCUT2D eigenvalue weighted by Gasteiger charge is 2.38. The van der Waals surface area contributed by atoms with Crippen molar-refractivity contribution in [2.24, 2.45) is 0 Å². The molecule has 3 aromatic carbocycles. The summed E-state index contributed by atoms with van der Waals surface area (Å²) in [4.78, 5) is 52.1. The van der Waals surface area contributed by atoms with E-state index in [2.05, 4.69) is 5.32 Å². The van der Waals surface area contributed by atoms with Crippen molar-refractivity contribution in [2.45, 2.75) is 26.9 Å². The third-order valence-electron chi connectivity index (χ3n) is 5.53. The number of esters is 1. The molecule has 0 bridgehead atoms. The van der Waals surface area contributed by atoms with E-state index in [1.807, 2.05) is 38.1 Å². The molecule has 0 radical (unpaired) electrons. The van der Waals surface area contributed by atoms with Crippen LogP contribution < -0.4 is 10.2 Å². The molecule has 0 aromatic heterocycles. The molecular formula is C26H22N2O5. The van der Waals surface area contributed by atoms with E-state index in [1.54, 1.807) is 24.3 Å². The standard InChI is InChI=1S/C26H22N2O5/c1-15-8-4-6-10-21(15)27-23(29)17(3)33-26(32)18-12-13-19-20(14-18)25(31)28(24(19)30)22-11-7-5-9-16(22)2/h4-14,17H,1-3H3,(H,27,29). The predicted molar refractivity (Wildman–Crippen MR) is 123 cm³/mol. The fraction of sp³-hybridized carbons (Fsp3) is 0.154. The summed E-state index contributed by atoms with van der Waals surface area (Å²) < 4.78 is 5.30. The van der Waals surface area contributed by atoms with Gasteiger partial charge in [-0.1, -0.05) is 36.4 Å². The lowest BCUT2D eigenvalue weighted by Gasteiger charge is -2.16. The quantitative estimate of drug-likeness (QED) is 0.470. The van der Waals surface area contributed by atoms with Gasteiger partial charge in [-0.2, -0.15) is 0 Å². The normalized spacial score (nSPS) is 13.5. The molecule has 1 aliphatic rings. The lowest BCUT2D eigenvalue weighted by molar-refractivity contribution is -0.123. The molecular weight excluding hydrogens is 420 g/mol. The second-order valence-electron chi connectivity index (χ2n) is 7.84. The van der Waals surface area contributed by atoms with Crippen molar-refractivity contribution in [1.29, 1.82) is 0 Å². The van der Waals surface area contributed by atoms with Gasteiger partial charge in [-0.15, -0.1) is 0 Å². The molecule has 1 unspecified atom stereocenters. The van der Waals surface area contributed by atoms with Crippen molar-refractivity contribution in [2.75, 3.05) is 10.2 Å². The summed E-state index contributed by atoms with van der Waals surface area (Å²) in [6.45, 7) is 5.13. The Hall–Kier alpha value is -4.26. The average Bonchev–Trinajstić information content (AvgIpc) is 3.05. The fourth-order valence-corrected chi connectivity index (χ4v) is 3.63. The third-order valence-corrected chi connectivity index (χ3v) is 5.53. The first-order chi connectivity index (χ1) is 15.8. The molecule has 0 saturated carbocycles. The Morgan fingerprint density at radius 1 is 0.848 bits per heavy atom. The van der Waals surface area contributed by atoms with E-state index in [0.29, 0.717) is 11.4 Å². The highest BCUT2D eigenvalue weighted by molar-refractivity contribution is 6.35.